The second-order valence-electron chi connectivity index (χ2n) is 7.79. The zero-order valence-electron chi connectivity index (χ0n) is 18.1. The summed E-state index contributed by atoms with van der Waals surface area (Å²) in [6.45, 7) is 4.95. The van der Waals surface area contributed by atoms with Crippen molar-refractivity contribution >= 4 is 5.96 Å². The van der Waals surface area contributed by atoms with Crippen molar-refractivity contribution in [2.24, 2.45) is 4.99 Å². The maximum Gasteiger partial charge on any atom is 0.191 e. The van der Waals surface area contributed by atoms with Gasteiger partial charge in [0.1, 0.15) is 11.6 Å². The Bertz CT molecular complexity index is 846. The van der Waals surface area contributed by atoms with E-state index in [9.17, 15) is 4.39 Å². The number of hydrogen-bond donors (Lipinski definition) is 2. The first kappa shape index (κ1) is 22.1. The summed E-state index contributed by atoms with van der Waals surface area (Å²) < 4.78 is 24.2. The maximum atomic E-state index is 13.3. The second-order valence-corrected chi connectivity index (χ2v) is 7.79. The molecule has 0 saturated carbocycles. The van der Waals surface area contributed by atoms with E-state index in [1.54, 1.807) is 20.2 Å². The van der Waals surface area contributed by atoms with E-state index in [0.717, 1.165) is 68.4 Å². The molecular weight excluding hydrogens is 381 g/mol. The van der Waals surface area contributed by atoms with Crippen LogP contribution in [0.1, 0.15) is 29.5 Å². The molecule has 2 N–H and O–H groups in total. The first-order valence-corrected chi connectivity index (χ1v) is 10.5. The fraction of sp³-hybridized carbons (Fsp3) is 0.458. The molecule has 0 spiro atoms. The quantitative estimate of drug-likeness (QED) is 0.538. The van der Waals surface area contributed by atoms with E-state index in [1.807, 2.05) is 25.1 Å². The Morgan fingerprint density at radius 1 is 1.13 bits per heavy atom. The van der Waals surface area contributed by atoms with Gasteiger partial charge in [0.25, 0.3) is 0 Å². The molecule has 0 bridgehead atoms. The Balaban J connectivity index is 1.60. The lowest BCUT2D eigenvalue weighted by molar-refractivity contribution is 0.0513. The van der Waals surface area contributed by atoms with Gasteiger partial charge in [-0.3, -0.25) is 4.99 Å². The zero-order valence-corrected chi connectivity index (χ0v) is 18.1. The third-order valence-electron chi connectivity index (χ3n) is 5.96. The van der Waals surface area contributed by atoms with Crippen LogP contribution in [0.3, 0.4) is 0 Å². The van der Waals surface area contributed by atoms with Crippen molar-refractivity contribution in [2.75, 3.05) is 40.5 Å². The largest absolute Gasteiger partial charge is 0.497 e. The summed E-state index contributed by atoms with van der Waals surface area (Å²) in [6, 6.07) is 13.3. The molecule has 5 nitrogen and oxygen atoms in total. The van der Waals surface area contributed by atoms with Gasteiger partial charge in [0.05, 0.1) is 7.11 Å². The fourth-order valence-corrected chi connectivity index (χ4v) is 4.00. The van der Waals surface area contributed by atoms with Crippen molar-refractivity contribution in [1.29, 1.82) is 0 Å². The van der Waals surface area contributed by atoms with Crippen LogP contribution in [0.2, 0.25) is 0 Å². The molecule has 2 aromatic carbocycles. The molecule has 1 heterocycles. The van der Waals surface area contributed by atoms with Gasteiger partial charge in [-0.15, -0.1) is 0 Å². The van der Waals surface area contributed by atoms with Crippen molar-refractivity contribution < 1.29 is 13.9 Å². The topological polar surface area (TPSA) is 54.9 Å². The first-order valence-electron chi connectivity index (χ1n) is 10.5. The van der Waals surface area contributed by atoms with Crippen LogP contribution in [0.25, 0.3) is 0 Å². The summed E-state index contributed by atoms with van der Waals surface area (Å²) in [5.41, 5.74) is 3.39. The molecule has 1 aliphatic heterocycles. The highest BCUT2D eigenvalue weighted by Gasteiger charge is 2.34. The molecule has 0 aromatic heterocycles. The molecule has 30 heavy (non-hydrogen) atoms. The zero-order chi connectivity index (χ0) is 21.4. The van der Waals surface area contributed by atoms with Crippen LogP contribution in [-0.4, -0.2) is 46.4 Å². The normalized spacial score (nSPS) is 16.2. The number of ether oxygens (including phenoxy) is 2. The van der Waals surface area contributed by atoms with E-state index >= 15 is 0 Å². The lowest BCUT2D eigenvalue weighted by Gasteiger charge is -2.38. The van der Waals surface area contributed by atoms with Crippen molar-refractivity contribution in [2.45, 2.75) is 31.6 Å². The molecular formula is C24H32FN3O2. The fourth-order valence-electron chi connectivity index (χ4n) is 4.00. The summed E-state index contributed by atoms with van der Waals surface area (Å²) in [5, 5.41) is 6.89. The molecule has 162 valence electrons. The number of halogens is 1. The van der Waals surface area contributed by atoms with Crippen LogP contribution < -0.4 is 15.4 Å². The molecule has 0 radical (unpaired) electrons. The van der Waals surface area contributed by atoms with Crippen LogP contribution in [0.4, 0.5) is 4.39 Å². The van der Waals surface area contributed by atoms with Gasteiger partial charge in [-0.25, -0.2) is 4.39 Å². The van der Waals surface area contributed by atoms with Gasteiger partial charge in [0.15, 0.2) is 5.96 Å². The number of guanidine groups is 1. The molecule has 0 aliphatic carbocycles. The van der Waals surface area contributed by atoms with Gasteiger partial charge < -0.3 is 20.1 Å². The van der Waals surface area contributed by atoms with Crippen molar-refractivity contribution in [3.63, 3.8) is 0 Å². The van der Waals surface area contributed by atoms with E-state index in [0.29, 0.717) is 0 Å². The van der Waals surface area contributed by atoms with E-state index in [1.165, 1.54) is 11.6 Å². The number of aryl methyl sites for hydroxylation is 1. The number of rotatable bonds is 7. The predicted octanol–water partition coefficient (Wildman–Crippen LogP) is 3.60. The average molecular weight is 414 g/mol. The Labute approximate surface area is 178 Å². The predicted molar refractivity (Wildman–Crippen MR) is 119 cm³/mol. The molecule has 1 saturated heterocycles. The van der Waals surface area contributed by atoms with Crippen LogP contribution in [0.15, 0.2) is 47.5 Å². The van der Waals surface area contributed by atoms with Crippen LogP contribution >= 0.6 is 0 Å². The molecule has 0 amide bonds. The van der Waals surface area contributed by atoms with E-state index in [2.05, 4.69) is 27.8 Å². The highest BCUT2D eigenvalue weighted by atomic mass is 19.1. The smallest absolute Gasteiger partial charge is 0.191 e. The number of hydrogen-bond acceptors (Lipinski definition) is 3. The molecule has 0 atom stereocenters. The number of nitrogens with one attached hydrogen (secondary N) is 2. The number of aliphatic imine (C=N–C) groups is 1. The van der Waals surface area contributed by atoms with Crippen LogP contribution in [0.5, 0.6) is 5.75 Å². The standard InChI is InChI=1S/C24H32FN3O2/c1-18-16-21(25)7-4-19(18)10-13-27-23(26-2)28-17-24(11-14-30-15-12-24)20-5-8-22(29-3)9-6-20/h4-9,16H,10-15,17H2,1-3H3,(H2,26,27,28). The molecule has 3 rings (SSSR count). The van der Waals surface area contributed by atoms with E-state index in [-0.39, 0.29) is 11.2 Å². The highest BCUT2D eigenvalue weighted by molar-refractivity contribution is 5.79. The van der Waals surface area contributed by atoms with Crippen LogP contribution in [-0.2, 0) is 16.6 Å². The molecule has 0 unspecified atom stereocenters. The van der Waals surface area contributed by atoms with Gasteiger partial charge in [0.2, 0.25) is 0 Å². The molecule has 6 heteroatoms. The van der Waals surface area contributed by atoms with E-state index in [4.69, 9.17) is 9.47 Å². The number of methoxy groups -OCH3 is 1. The Kier molecular flexibility index (Phi) is 7.69. The van der Waals surface area contributed by atoms with Crippen molar-refractivity contribution in [3.05, 3.63) is 65.0 Å². The Hall–Kier alpha value is -2.60. The molecule has 2 aromatic rings. The molecule has 1 aliphatic rings. The van der Waals surface area contributed by atoms with Gasteiger partial charge in [-0.05, 0) is 67.1 Å². The summed E-state index contributed by atoms with van der Waals surface area (Å²) in [6.07, 6.45) is 2.72. The third-order valence-corrected chi connectivity index (χ3v) is 5.96. The summed E-state index contributed by atoms with van der Waals surface area (Å²) in [5.74, 6) is 1.44. The lowest BCUT2D eigenvalue weighted by Crippen LogP contribution is -2.48. The molecule has 1 fully saturated rings. The summed E-state index contributed by atoms with van der Waals surface area (Å²) in [7, 11) is 3.46. The van der Waals surface area contributed by atoms with Gasteiger partial charge in [0, 0.05) is 38.8 Å². The van der Waals surface area contributed by atoms with Gasteiger partial charge in [-0.2, -0.15) is 0 Å². The van der Waals surface area contributed by atoms with Crippen molar-refractivity contribution in [3.8, 4) is 5.75 Å². The number of benzene rings is 2. The monoisotopic (exact) mass is 413 g/mol. The SMILES string of the molecule is CN=C(NCCc1ccc(F)cc1C)NCC1(c2ccc(OC)cc2)CCOCC1. The van der Waals surface area contributed by atoms with Crippen LogP contribution in [0, 0.1) is 12.7 Å². The van der Waals surface area contributed by atoms with Gasteiger partial charge in [-0.1, -0.05) is 18.2 Å². The number of nitrogens with zero attached hydrogens (tertiary/aromatic N) is 1. The Morgan fingerprint density at radius 2 is 1.87 bits per heavy atom. The minimum Gasteiger partial charge on any atom is -0.497 e. The summed E-state index contributed by atoms with van der Waals surface area (Å²) in [4.78, 5) is 4.38. The summed E-state index contributed by atoms with van der Waals surface area (Å²) >= 11 is 0. The lowest BCUT2D eigenvalue weighted by atomic mass is 9.74. The minimum atomic E-state index is -0.193. The van der Waals surface area contributed by atoms with E-state index < -0.39 is 0 Å². The third kappa shape index (κ3) is 5.51. The first-order chi connectivity index (χ1) is 14.6. The Morgan fingerprint density at radius 3 is 2.50 bits per heavy atom. The second kappa shape index (κ2) is 10.4. The van der Waals surface area contributed by atoms with Crippen molar-refractivity contribution in [1.82, 2.24) is 10.6 Å². The average Bonchev–Trinajstić information content (AvgIpc) is 2.78. The minimum absolute atomic E-state index is 0.00428. The highest BCUT2D eigenvalue weighted by Crippen LogP contribution is 2.35. The maximum absolute atomic E-state index is 13.3. The van der Waals surface area contributed by atoms with Gasteiger partial charge >= 0.3 is 0 Å².